The summed E-state index contributed by atoms with van der Waals surface area (Å²) < 4.78 is 30.4. The van der Waals surface area contributed by atoms with E-state index >= 15 is 0 Å². The van der Waals surface area contributed by atoms with Crippen molar-refractivity contribution in [3.8, 4) is 11.4 Å². The average Bonchev–Trinajstić information content (AvgIpc) is 3.18. The summed E-state index contributed by atoms with van der Waals surface area (Å²) in [6, 6.07) is 5.96. The summed E-state index contributed by atoms with van der Waals surface area (Å²) in [5, 5.41) is 1.82. The van der Waals surface area contributed by atoms with Gasteiger partial charge in [0, 0.05) is 30.4 Å². The predicted molar refractivity (Wildman–Crippen MR) is 82.0 cm³/mol. The van der Waals surface area contributed by atoms with Crippen LogP contribution in [-0.2, 0) is 0 Å². The van der Waals surface area contributed by atoms with Gasteiger partial charge in [0.15, 0.2) is 4.80 Å². The number of carbonyl (C=O) groups is 1. The number of hydrogen-bond acceptors (Lipinski definition) is 3. The lowest BCUT2D eigenvalue weighted by Gasteiger charge is -2.11. The van der Waals surface area contributed by atoms with E-state index in [1.807, 2.05) is 5.38 Å². The fraction of sp³-hybridized carbons (Fsp3) is 0.333. The van der Waals surface area contributed by atoms with Crippen LogP contribution in [0.5, 0.6) is 5.75 Å². The quantitative estimate of drug-likeness (QED) is 0.862. The maximum Gasteiger partial charge on any atom is 0.387 e. The van der Waals surface area contributed by atoms with Gasteiger partial charge in [0.1, 0.15) is 5.75 Å². The van der Waals surface area contributed by atoms with E-state index in [9.17, 15) is 13.6 Å². The Morgan fingerprint density at radius 3 is 2.57 bits per heavy atom. The van der Waals surface area contributed by atoms with Crippen LogP contribution in [0.1, 0.15) is 12.8 Å². The van der Waals surface area contributed by atoms with E-state index in [4.69, 9.17) is 0 Å². The number of alkyl halides is 2. The largest absolute Gasteiger partial charge is 0.435 e. The van der Waals surface area contributed by atoms with Gasteiger partial charge in [0.25, 0.3) is 0 Å². The van der Waals surface area contributed by atoms with Crippen LogP contribution in [0.25, 0.3) is 5.69 Å². The molecular formula is C15H15F2N3O2S. The molecule has 1 aromatic heterocycles. The molecular weight excluding hydrogens is 324 g/mol. The Kier molecular flexibility index (Phi) is 4.71. The lowest BCUT2D eigenvalue weighted by molar-refractivity contribution is -0.0498. The van der Waals surface area contributed by atoms with E-state index in [0.717, 1.165) is 31.6 Å². The molecule has 0 unspecified atom stereocenters. The van der Waals surface area contributed by atoms with Crippen LogP contribution >= 0.6 is 11.3 Å². The van der Waals surface area contributed by atoms with Gasteiger partial charge in [-0.1, -0.05) is 0 Å². The number of urea groups is 1. The van der Waals surface area contributed by atoms with Crippen molar-refractivity contribution < 1.29 is 18.3 Å². The van der Waals surface area contributed by atoms with Crippen LogP contribution in [0, 0.1) is 0 Å². The minimum absolute atomic E-state index is 0.0891. The number of thiazole rings is 1. The minimum atomic E-state index is -2.85. The molecule has 2 aromatic rings. The summed E-state index contributed by atoms with van der Waals surface area (Å²) in [5.41, 5.74) is 0.723. The van der Waals surface area contributed by atoms with E-state index in [2.05, 4.69) is 9.73 Å². The van der Waals surface area contributed by atoms with E-state index < -0.39 is 6.61 Å². The molecule has 0 spiro atoms. The molecule has 0 aliphatic carbocycles. The molecule has 122 valence electrons. The van der Waals surface area contributed by atoms with Gasteiger partial charge in [-0.2, -0.15) is 13.8 Å². The highest BCUT2D eigenvalue weighted by atomic mass is 32.1. The number of hydrogen-bond donors (Lipinski definition) is 0. The second-order valence-corrected chi connectivity index (χ2v) is 5.89. The van der Waals surface area contributed by atoms with Crippen molar-refractivity contribution in [1.29, 1.82) is 0 Å². The van der Waals surface area contributed by atoms with Gasteiger partial charge in [-0.05, 0) is 37.1 Å². The van der Waals surface area contributed by atoms with E-state index in [1.165, 1.54) is 23.5 Å². The first-order valence-electron chi connectivity index (χ1n) is 7.18. The van der Waals surface area contributed by atoms with Crippen molar-refractivity contribution in [1.82, 2.24) is 9.47 Å². The maximum absolute atomic E-state index is 12.2. The molecule has 1 aromatic carbocycles. The number of halogens is 2. The zero-order chi connectivity index (χ0) is 16.2. The summed E-state index contributed by atoms with van der Waals surface area (Å²) in [5.74, 6) is 0.0891. The van der Waals surface area contributed by atoms with E-state index in [0.29, 0.717) is 4.80 Å². The molecule has 1 aliphatic heterocycles. The first-order chi connectivity index (χ1) is 11.1. The molecule has 3 rings (SSSR count). The molecule has 1 saturated heterocycles. The van der Waals surface area contributed by atoms with Gasteiger partial charge < -0.3 is 9.64 Å². The summed E-state index contributed by atoms with van der Waals surface area (Å²) in [6.45, 7) is -1.36. The lowest BCUT2D eigenvalue weighted by atomic mass is 10.3. The number of carbonyl (C=O) groups excluding carboxylic acids is 1. The highest BCUT2D eigenvalue weighted by Gasteiger charge is 2.17. The molecule has 1 fully saturated rings. The monoisotopic (exact) mass is 339 g/mol. The number of likely N-dealkylation sites (tertiary alicyclic amines) is 1. The number of rotatable bonds is 3. The second-order valence-electron chi connectivity index (χ2n) is 5.02. The number of benzene rings is 1. The molecule has 0 N–H and O–H groups in total. The first kappa shape index (κ1) is 15.7. The summed E-state index contributed by atoms with van der Waals surface area (Å²) in [4.78, 5) is 18.6. The third-order valence-corrected chi connectivity index (χ3v) is 4.25. The molecule has 0 radical (unpaired) electrons. The molecule has 2 heterocycles. The molecule has 2 amide bonds. The molecule has 23 heavy (non-hydrogen) atoms. The smallest absolute Gasteiger partial charge is 0.387 e. The zero-order valence-electron chi connectivity index (χ0n) is 12.2. The molecule has 1 aliphatic rings. The van der Waals surface area contributed by atoms with E-state index in [-0.39, 0.29) is 11.8 Å². The van der Waals surface area contributed by atoms with Gasteiger partial charge in [0.2, 0.25) is 0 Å². The standard InChI is InChI=1S/C15H15F2N3O2S/c16-13(17)22-12-5-3-11(4-6-12)20-9-10-23-15(20)18-14(21)19-7-1-2-8-19/h3-6,9-10,13H,1-2,7-8H2/b18-15-. The fourth-order valence-corrected chi connectivity index (χ4v) is 3.11. The van der Waals surface area contributed by atoms with Crippen molar-refractivity contribution in [2.45, 2.75) is 19.5 Å². The van der Waals surface area contributed by atoms with Crippen LogP contribution in [0.2, 0.25) is 0 Å². The van der Waals surface area contributed by atoms with Crippen LogP contribution in [0.3, 0.4) is 0 Å². The van der Waals surface area contributed by atoms with Gasteiger partial charge >= 0.3 is 12.6 Å². The molecule has 0 bridgehead atoms. The SMILES string of the molecule is O=C(/N=c1\sccn1-c1ccc(OC(F)F)cc1)N1CCCC1. The second kappa shape index (κ2) is 6.91. The highest BCUT2D eigenvalue weighted by Crippen LogP contribution is 2.17. The average molecular weight is 339 g/mol. The Labute approximate surface area is 135 Å². The number of amides is 2. The van der Waals surface area contributed by atoms with Crippen LogP contribution in [0.4, 0.5) is 13.6 Å². The van der Waals surface area contributed by atoms with Crippen molar-refractivity contribution in [2.24, 2.45) is 4.99 Å². The fourth-order valence-electron chi connectivity index (χ4n) is 2.40. The summed E-state index contributed by atoms with van der Waals surface area (Å²) >= 11 is 1.34. The van der Waals surface area contributed by atoms with Crippen molar-refractivity contribution >= 4 is 17.4 Å². The molecule has 8 heteroatoms. The number of aromatic nitrogens is 1. The Bertz CT molecular complexity index is 734. The van der Waals surface area contributed by atoms with Crippen LogP contribution in [-0.4, -0.2) is 35.2 Å². The van der Waals surface area contributed by atoms with Gasteiger partial charge in [-0.25, -0.2) is 4.79 Å². The van der Waals surface area contributed by atoms with Crippen molar-refractivity contribution in [2.75, 3.05) is 13.1 Å². The molecule has 0 atom stereocenters. The van der Waals surface area contributed by atoms with Gasteiger partial charge in [0.05, 0.1) is 0 Å². The normalized spacial score (nSPS) is 15.4. The van der Waals surface area contributed by atoms with Crippen molar-refractivity contribution in [3.63, 3.8) is 0 Å². The highest BCUT2D eigenvalue weighted by molar-refractivity contribution is 7.07. The number of nitrogens with zero attached hydrogens (tertiary/aromatic N) is 3. The third kappa shape index (κ3) is 3.76. The third-order valence-electron chi connectivity index (χ3n) is 3.50. The maximum atomic E-state index is 12.2. The Morgan fingerprint density at radius 2 is 1.91 bits per heavy atom. The topological polar surface area (TPSA) is 46.8 Å². The Morgan fingerprint density at radius 1 is 1.22 bits per heavy atom. The van der Waals surface area contributed by atoms with E-state index in [1.54, 1.807) is 27.8 Å². The van der Waals surface area contributed by atoms with Gasteiger partial charge in [-0.15, -0.1) is 11.3 Å². The lowest BCUT2D eigenvalue weighted by Crippen LogP contribution is -2.27. The first-order valence-corrected chi connectivity index (χ1v) is 8.06. The van der Waals surface area contributed by atoms with Crippen molar-refractivity contribution in [3.05, 3.63) is 40.6 Å². The minimum Gasteiger partial charge on any atom is -0.435 e. The summed E-state index contributed by atoms with van der Waals surface area (Å²) in [7, 11) is 0. The Balaban J connectivity index is 1.84. The van der Waals surface area contributed by atoms with Gasteiger partial charge in [-0.3, -0.25) is 4.57 Å². The zero-order valence-corrected chi connectivity index (χ0v) is 13.0. The predicted octanol–water partition coefficient (Wildman–Crippen LogP) is 3.26. The Hall–Kier alpha value is -2.22. The molecule has 0 saturated carbocycles. The molecule has 5 nitrogen and oxygen atoms in total. The number of ether oxygens (including phenoxy) is 1. The summed E-state index contributed by atoms with van der Waals surface area (Å²) in [6.07, 6.45) is 3.80. The van der Waals surface area contributed by atoms with Crippen LogP contribution < -0.4 is 9.54 Å². The van der Waals surface area contributed by atoms with Crippen LogP contribution in [0.15, 0.2) is 40.8 Å².